The molecule has 0 aromatic rings. The Morgan fingerprint density at radius 1 is 1.00 bits per heavy atom. The smallest absolute Gasteiger partial charge is 0.460 e. The van der Waals surface area contributed by atoms with Crippen molar-refractivity contribution >= 4 is 26.0 Å². The van der Waals surface area contributed by atoms with Crippen molar-refractivity contribution in [3.63, 3.8) is 0 Å². The summed E-state index contributed by atoms with van der Waals surface area (Å²) in [7, 11) is -11.3. The molecule has 1 N–H and O–H groups in total. The molecule has 0 bridgehead atoms. The van der Waals surface area contributed by atoms with E-state index >= 15 is 0 Å². The zero-order valence-corrected chi connectivity index (χ0v) is 20.5. The highest BCUT2D eigenvalue weighted by Gasteiger charge is 2.46. The van der Waals surface area contributed by atoms with Gasteiger partial charge in [-0.1, -0.05) is 33.3 Å². The molecule has 0 heterocycles. The molecule has 0 radical (unpaired) electrons. The van der Waals surface area contributed by atoms with Gasteiger partial charge in [0.05, 0.1) is 20.1 Å². The molecule has 0 fully saturated rings. The fourth-order valence-corrected chi connectivity index (χ4v) is 4.10. The van der Waals surface area contributed by atoms with Crippen molar-refractivity contribution < 1.29 is 62.3 Å². The summed E-state index contributed by atoms with van der Waals surface area (Å²) >= 11 is 0. The number of hydrogen-bond acceptors (Lipinski definition) is 7. The molecule has 0 aliphatic carbocycles. The van der Waals surface area contributed by atoms with E-state index in [4.69, 9.17) is 4.74 Å². The van der Waals surface area contributed by atoms with Gasteiger partial charge in [-0.25, -0.2) is 21.6 Å². The number of sulfonamides is 2. The fourth-order valence-electron chi connectivity index (χ4n) is 2.39. The number of ether oxygens (including phenoxy) is 1. The summed E-state index contributed by atoms with van der Waals surface area (Å²) in [5.41, 5.74) is -12.4. The van der Waals surface area contributed by atoms with E-state index in [-0.39, 0.29) is 6.61 Å². The number of carbonyl (C=O) groups is 1. The second kappa shape index (κ2) is 14.2. The van der Waals surface area contributed by atoms with Crippen LogP contribution in [0, 0.1) is 0 Å². The standard InChI is InChI=1S/C15H30NO3.C2F6NO4S2/c1-5-8-10-16(4,11-9-6-2)12-14(17)13-19-15(18)7-3;3-1(4,5)14(10,11)9-15(12,13)2(6,7)8/h7,14,17H,3,5-6,8-13H2,1-2,4H3;/q+1;-1. The number of halogens is 6. The van der Waals surface area contributed by atoms with Crippen LogP contribution in [0.4, 0.5) is 26.3 Å². The summed E-state index contributed by atoms with van der Waals surface area (Å²) in [4.78, 5) is 11.0. The Morgan fingerprint density at radius 2 is 1.38 bits per heavy atom. The fraction of sp³-hybridized carbons (Fsp3) is 0.824. The molecule has 0 aromatic carbocycles. The number of hydrogen-bond donors (Lipinski definition) is 1. The molecule has 0 saturated heterocycles. The number of alkyl halides is 6. The molecule has 204 valence electrons. The molecule has 0 aliphatic heterocycles. The van der Waals surface area contributed by atoms with Crippen LogP contribution in [0.25, 0.3) is 4.13 Å². The number of aliphatic hydroxyl groups excluding tert-OH is 1. The van der Waals surface area contributed by atoms with Crippen molar-refractivity contribution in [2.45, 2.75) is 56.7 Å². The molecular weight excluding hydrogens is 522 g/mol. The number of nitrogens with zero attached hydrogens (tertiary/aromatic N) is 2. The average Bonchev–Trinajstić information content (AvgIpc) is 2.67. The van der Waals surface area contributed by atoms with E-state index in [0.29, 0.717) is 6.54 Å². The van der Waals surface area contributed by atoms with Gasteiger partial charge in [0.1, 0.15) is 19.3 Å². The Morgan fingerprint density at radius 3 is 1.68 bits per heavy atom. The summed E-state index contributed by atoms with van der Waals surface area (Å²) < 4.78 is 115. The van der Waals surface area contributed by atoms with Gasteiger partial charge in [0.2, 0.25) is 0 Å². The maximum atomic E-state index is 11.4. The highest BCUT2D eigenvalue weighted by Crippen LogP contribution is 2.36. The molecule has 9 nitrogen and oxygen atoms in total. The zero-order chi connectivity index (χ0) is 27.4. The van der Waals surface area contributed by atoms with Gasteiger partial charge >= 0.3 is 17.0 Å². The van der Waals surface area contributed by atoms with Crippen LogP contribution < -0.4 is 0 Å². The second-order valence-electron chi connectivity index (χ2n) is 7.36. The van der Waals surface area contributed by atoms with Gasteiger partial charge in [0, 0.05) is 6.08 Å². The van der Waals surface area contributed by atoms with E-state index in [9.17, 15) is 53.1 Å². The van der Waals surface area contributed by atoms with E-state index in [2.05, 4.69) is 27.5 Å². The molecule has 0 amide bonds. The van der Waals surface area contributed by atoms with Gasteiger partial charge < -0.3 is 18.5 Å². The molecule has 0 spiro atoms. The topological polar surface area (TPSA) is 129 Å². The molecule has 1 atom stereocenters. The molecule has 17 heteroatoms. The van der Waals surface area contributed by atoms with Gasteiger partial charge in [-0.15, -0.1) is 0 Å². The van der Waals surface area contributed by atoms with Crippen molar-refractivity contribution in [3.8, 4) is 0 Å². The monoisotopic (exact) mass is 552 g/mol. The number of rotatable bonds is 13. The quantitative estimate of drug-likeness (QED) is 0.161. The third-order valence-electron chi connectivity index (χ3n) is 4.12. The third kappa shape index (κ3) is 13.5. The zero-order valence-electron chi connectivity index (χ0n) is 18.9. The van der Waals surface area contributed by atoms with Crippen LogP contribution in [0.15, 0.2) is 12.7 Å². The highest BCUT2D eigenvalue weighted by molar-refractivity contribution is 8.13. The van der Waals surface area contributed by atoms with E-state index < -0.39 is 43.1 Å². The van der Waals surface area contributed by atoms with Gasteiger partial charge in [-0.3, -0.25) is 0 Å². The lowest BCUT2D eigenvalue weighted by Crippen LogP contribution is -2.51. The SMILES string of the molecule is C=CC(=O)OCC(O)C[N+](C)(CCCC)CCCC.O=S(=O)([N-]S(=O)(=O)C(F)(F)F)C(F)(F)F. The average molecular weight is 553 g/mol. The molecule has 0 saturated carbocycles. The molecule has 0 rings (SSSR count). The van der Waals surface area contributed by atoms with Crippen LogP contribution in [-0.4, -0.2) is 82.8 Å². The van der Waals surface area contributed by atoms with Crippen molar-refractivity contribution in [2.75, 3.05) is 33.3 Å². The number of aliphatic hydroxyl groups is 1. The van der Waals surface area contributed by atoms with Crippen molar-refractivity contribution in [3.05, 3.63) is 16.8 Å². The van der Waals surface area contributed by atoms with Gasteiger partial charge in [-0.2, -0.15) is 26.3 Å². The predicted molar refractivity (Wildman–Crippen MR) is 111 cm³/mol. The van der Waals surface area contributed by atoms with Crippen molar-refractivity contribution in [1.29, 1.82) is 0 Å². The Kier molecular flexibility index (Phi) is 14.5. The van der Waals surface area contributed by atoms with Crippen LogP contribution in [0.2, 0.25) is 0 Å². The van der Waals surface area contributed by atoms with Gasteiger partial charge in [0.25, 0.3) is 0 Å². The van der Waals surface area contributed by atoms with E-state index in [0.717, 1.165) is 53.5 Å². The van der Waals surface area contributed by atoms with E-state index in [1.165, 1.54) is 0 Å². The summed E-state index contributed by atoms with van der Waals surface area (Å²) in [5.74, 6) is -0.477. The summed E-state index contributed by atoms with van der Waals surface area (Å²) in [6.07, 6.45) is 5.12. The molecule has 1 unspecified atom stereocenters. The molecule has 34 heavy (non-hydrogen) atoms. The number of esters is 1. The van der Waals surface area contributed by atoms with Crippen LogP contribution in [0.3, 0.4) is 0 Å². The second-order valence-corrected chi connectivity index (χ2v) is 10.8. The minimum atomic E-state index is -6.72. The summed E-state index contributed by atoms with van der Waals surface area (Å²) in [5, 5.41) is 10.0. The minimum absolute atomic E-state index is 0.0525. The highest BCUT2D eigenvalue weighted by atomic mass is 32.3. The number of likely N-dealkylation sites (N-methyl/N-ethyl adjacent to an activating group) is 1. The van der Waals surface area contributed by atoms with Crippen molar-refractivity contribution in [1.82, 2.24) is 0 Å². The van der Waals surface area contributed by atoms with Crippen LogP contribution in [-0.2, 0) is 29.6 Å². The first-order chi connectivity index (χ1) is 15.2. The minimum Gasteiger partial charge on any atom is -0.460 e. The lowest BCUT2D eigenvalue weighted by molar-refractivity contribution is -0.913. The van der Waals surface area contributed by atoms with Crippen LogP contribution >= 0.6 is 0 Å². The van der Waals surface area contributed by atoms with Crippen LogP contribution in [0.1, 0.15) is 39.5 Å². The Balaban J connectivity index is 0. The Bertz CT molecular complexity index is 793. The third-order valence-corrected chi connectivity index (χ3v) is 6.86. The van der Waals surface area contributed by atoms with Crippen LogP contribution in [0.5, 0.6) is 0 Å². The molecular formula is C17H30F6N2O7S2. The first kappa shape index (κ1) is 34.7. The largest absolute Gasteiger partial charge is 0.480 e. The van der Waals surface area contributed by atoms with E-state index in [1.807, 2.05) is 0 Å². The van der Waals surface area contributed by atoms with Gasteiger partial charge in [-0.05, 0) is 12.8 Å². The summed E-state index contributed by atoms with van der Waals surface area (Å²) in [6, 6.07) is 0. The number of carbonyl (C=O) groups excluding carboxylic acids is 1. The molecule has 0 aromatic heterocycles. The maximum Gasteiger partial charge on any atom is 0.480 e. The van der Waals surface area contributed by atoms with E-state index in [1.54, 1.807) is 0 Å². The first-order valence-electron chi connectivity index (χ1n) is 9.85. The lowest BCUT2D eigenvalue weighted by atomic mass is 10.2. The lowest BCUT2D eigenvalue weighted by Gasteiger charge is -2.36. The summed E-state index contributed by atoms with van der Waals surface area (Å²) in [6.45, 7) is 10.5. The van der Waals surface area contributed by atoms with Crippen molar-refractivity contribution in [2.24, 2.45) is 0 Å². The number of unbranched alkanes of at least 4 members (excludes halogenated alkanes) is 2. The normalized spacial score (nSPS) is 14.1. The Labute approximate surface area is 195 Å². The predicted octanol–water partition coefficient (Wildman–Crippen LogP) is 3.18. The number of quaternary nitrogens is 1. The molecule has 0 aliphatic rings. The maximum absolute atomic E-state index is 11.4. The van der Waals surface area contributed by atoms with Gasteiger partial charge in [0.15, 0.2) is 20.0 Å². The first-order valence-corrected chi connectivity index (χ1v) is 12.7. The Hall–Kier alpha value is -1.43.